The molecule has 5 nitrogen and oxygen atoms in total. The summed E-state index contributed by atoms with van der Waals surface area (Å²) in [5.41, 5.74) is 3.48. The molecular formula is C21H25N3O2S. The van der Waals surface area contributed by atoms with Crippen LogP contribution in [-0.2, 0) is 23.0 Å². The molecule has 1 heterocycles. The molecule has 27 heavy (non-hydrogen) atoms. The molecule has 0 aliphatic heterocycles. The molecule has 0 amide bonds. The minimum atomic E-state index is -3.64. The number of aromatic nitrogens is 2. The number of sulfonamides is 1. The van der Waals surface area contributed by atoms with Gasteiger partial charge < -0.3 is 0 Å². The van der Waals surface area contributed by atoms with Crippen LogP contribution in [-0.4, -0.2) is 18.2 Å². The van der Waals surface area contributed by atoms with Crippen LogP contribution < -0.4 is 4.72 Å². The second kappa shape index (κ2) is 8.39. The number of anilines is 1. The van der Waals surface area contributed by atoms with Gasteiger partial charge in [0, 0.05) is 12.3 Å². The van der Waals surface area contributed by atoms with E-state index in [1.807, 2.05) is 43.3 Å². The number of nitrogens with one attached hydrogen (secondary N) is 1. The fourth-order valence-corrected chi connectivity index (χ4v) is 3.88. The van der Waals surface area contributed by atoms with Crippen molar-refractivity contribution >= 4 is 15.8 Å². The van der Waals surface area contributed by atoms with Crippen LogP contribution in [0.3, 0.4) is 0 Å². The van der Waals surface area contributed by atoms with E-state index in [0.717, 1.165) is 30.4 Å². The highest BCUT2D eigenvalue weighted by molar-refractivity contribution is 7.92. The summed E-state index contributed by atoms with van der Waals surface area (Å²) < 4.78 is 29.5. The van der Waals surface area contributed by atoms with Crippen molar-refractivity contribution < 1.29 is 8.42 Å². The Bertz CT molecular complexity index is 992. The van der Waals surface area contributed by atoms with Crippen LogP contribution in [0.2, 0.25) is 0 Å². The van der Waals surface area contributed by atoms with Crippen molar-refractivity contribution in [1.29, 1.82) is 0 Å². The van der Waals surface area contributed by atoms with Gasteiger partial charge in [0.2, 0.25) is 0 Å². The van der Waals surface area contributed by atoms with Crippen molar-refractivity contribution in [3.63, 3.8) is 0 Å². The molecule has 0 radical (unpaired) electrons. The first kappa shape index (κ1) is 19.2. The Morgan fingerprint density at radius 2 is 1.78 bits per heavy atom. The first-order valence-electron chi connectivity index (χ1n) is 9.17. The van der Waals surface area contributed by atoms with Crippen molar-refractivity contribution in [1.82, 2.24) is 9.78 Å². The predicted octanol–water partition coefficient (Wildman–Crippen LogP) is 4.38. The smallest absolute Gasteiger partial charge is 0.263 e. The summed E-state index contributed by atoms with van der Waals surface area (Å²) in [6.07, 6.45) is 4.96. The number of unbranched alkanes of at least 4 members (excludes halogenated alkanes) is 1. The molecule has 2 aromatic carbocycles. The number of hydrogen-bond acceptors (Lipinski definition) is 3. The maximum atomic E-state index is 12.6. The molecule has 0 unspecified atom stereocenters. The number of rotatable bonds is 8. The summed E-state index contributed by atoms with van der Waals surface area (Å²) >= 11 is 0. The van der Waals surface area contributed by atoms with Crippen molar-refractivity contribution in [3.05, 3.63) is 77.5 Å². The Morgan fingerprint density at radius 3 is 2.48 bits per heavy atom. The molecule has 0 atom stereocenters. The van der Waals surface area contributed by atoms with Gasteiger partial charge in [0.25, 0.3) is 10.0 Å². The van der Waals surface area contributed by atoms with E-state index >= 15 is 0 Å². The van der Waals surface area contributed by atoms with Gasteiger partial charge in [0.1, 0.15) is 0 Å². The Hall–Kier alpha value is -2.60. The molecule has 0 saturated carbocycles. The van der Waals surface area contributed by atoms with Gasteiger partial charge in [-0.05, 0) is 48.6 Å². The van der Waals surface area contributed by atoms with Crippen LogP contribution in [0.1, 0.15) is 36.5 Å². The molecular weight excluding hydrogens is 358 g/mol. The van der Waals surface area contributed by atoms with E-state index in [4.69, 9.17) is 0 Å². The average Bonchev–Trinajstić information content (AvgIpc) is 3.08. The molecule has 1 aromatic heterocycles. The summed E-state index contributed by atoms with van der Waals surface area (Å²) in [4.78, 5) is 0.246. The molecule has 0 aliphatic rings. The molecule has 142 valence electrons. The number of benzene rings is 2. The maximum absolute atomic E-state index is 12.6. The van der Waals surface area contributed by atoms with Crippen LogP contribution >= 0.6 is 0 Å². The fraction of sp³-hybridized carbons (Fsp3) is 0.286. The molecule has 0 saturated heterocycles. The molecule has 1 N–H and O–H groups in total. The highest BCUT2D eigenvalue weighted by Gasteiger charge is 2.15. The second-order valence-electron chi connectivity index (χ2n) is 6.68. The molecule has 3 aromatic rings. The van der Waals surface area contributed by atoms with Crippen LogP contribution in [0.25, 0.3) is 0 Å². The lowest BCUT2D eigenvalue weighted by molar-refractivity contribution is 0.600. The number of hydrogen-bond donors (Lipinski definition) is 1. The molecule has 0 bridgehead atoms. The van der Waals surface area contributed by atoms with Gasteiger partial charge in [0.15, 0.2) is 5.82 Å². The summed E-state index contributed by atoms with van der Waals surface area (Å²) in [7, 11) is -3.64. The van der Waals surface area contributed by atoms with Gasteiger partial charge in [-0.1, -0.05) is 49.7 Å². The van der Waals surface area contributed by atoms with Gasteiger partial charge in [-0.2, -0.15) is 5.10 Å². The van der Waals surface area contributed by atoms with E-state index in [1.165, 1.54) is 5.56 Å². The lowest BCUT2D eigenvalue weighted by atomic mass is 10.1. The monoisotopic (exact) mass is 383 g/mol. The van der Waals surface area contributed by atoms with Crippen molar-refractivity contribution in [2.45, 2.75) is 44.6 Å². The highest BCUT2D eigenvalue weighted by Crippen LogP contribution is 2.17. The van der Waals surface area contributed by atoms with E-state index in [1.54, 1.807) is 29.1 Å². The van der Waals surface area contributed by atoms with E-state index in [9.17, 15) is 8.42 Å². The Kier molecular flexibility index (Phi) is 5.96. The lowest BCUT2D eigenvalue weighted by Crippen LogP contribution is -2.14. The van der Waals surface area contributed by atoms with Crippen molar-refractivity contribution in [2.75, 3.05) is 4.72 Å². The number of nitrogens with zero attached hydrogens (tertiary/aromatic N) is 2. The average molecular weight is 384 g/mol. The largest absolute Gasteiger partial charge is 0.266 e. The van der Waals surface area contributed by atoms with Gasteiger partial charge >= 0.3 is 0 Å². The van der Waals surface area contributed by atoms with Crippen molar-refractivity contribution in [3.8, 4) is 0 Å². The van der Waals surface area contributed by atoms with Crippen LogP contribution in [0.5, 0.6) is 0 Å². The predicted molar refractivity (Wildman–Crippen MR) is 108 cm³/mol. The minimum Gasteiger partial charge on any atom is -0.266 e. The van der Waals surface area contributed by atoms with Gasteiger partial charge in [-0.25, -0.2) is 8.42 Å². The van der Waals surface area contributed by atoms with Gasteiger partial charge in [-0.3, -0.25) is 9.40 Å². The summed E-state index contributed by atoms with van der Waals surface area (Å²) in [5, 5.41) is 4.34. The summed E-state index contributed by atoms with van der Waals surface area (Å²) in [6, 6.07) is 16.8. The Balaban J connectivity index is 1.69. The second-order valence-corrected chi connectivity index (χ2v) is 8.36. The van der Waals surface area contributed by atoms with E-state index in [-0.39, 0.29) is 4.90 Å². The zero-order chi connectivity index (χ0) is 19.3. The Morgan fingerprint density at radius 1 is 1.04 bits per heavy atom. The standard InChI is InChI=1S/C21H25N3O2S/c1-3-4-8-18-10-12-20(13-11-18)27(25,26)23-21-14-15-24(22-21)16-19-9-6-5-7-17(19)2/h5-7,9-15H,3-4,8,16H2,1-2H3,(H,22,23). The quantitative estimate of drug-likeness (QED) is 0.628. The zero-order valence-corrected chi connectivity index (χ0v) is 16.5. The van der Waals surface area contributed by atoms with Crippen LogP contribution in [0.15, 0.2) is 65.7 Å². The third kappa shape index (κ3) is 4.98. The SMILES string of the molecule is CCCCc1ccc(S(=O)(=O)Nc2ccn(Cc3ccccc3C)n2)cc1. The molecule has 0 aliphatic carbocycles. The third-order valence-electron chi connectivity index (χ3n) is 4.53. The molecule has 0 fully saturated rings. The molecule has 3 rings (SSSR count). The topological polar surface area (TPSA) is 64.0 Å². The van der Waals surface area contributed by atoms with E-state index < -0.39 is 10.0 Å². The zero-order valence-electron chi connectivity index (χ0n) is 15.7. The van der Waals surface area contributed by atoms with Crippen molar-refractivity contribution in [2.24, 2.45) is 0 Å². The first-order chi connectivity index (χ1) is 13.0. The molecule has 0 spiro atoms. The number of aryl methyl sites for hydroxylation is 2. The maximum Gasteiger partial charge on any atom is 0.263 e. The van der Waals surface area contributed by atoms with E-state index in [0.29, 0.717) is 12.4 Å². The van der Waals surface area contributed by atoms with Gasteiger partial charge in [-0.15, -0.1) is 0 Å². The third-order valence-corrected chi connectivity index (χ3v) is 5.90. The van der Waals surface area contributed by atoms with Gasteiger partial charge in [0.05, 0.1) is 11.4 Å². The highest BCUT2D eigenvalue weighted by atomic mass is 32.2. The van der Waals surface area contributed by atoms with Crippen LogP contribution in [0, 0.1) is 6.92 Å². The minimum absolute atomic E-state index is 0.246. The summed E-state index contributed by atoms with van der Waals surface area (Å²) in [5.74, 6) is 0.318. The van der Waals surface area contributed by atoms with Crippen LogP contribution in [0.4, 0.5) is 5.82 Å². The fourth-order valence-electron chi connectivity index (χ4n) is 2.88. The van der Waals surface area contributed by atoms with E-state index in [2.05, 4.69) is 16.7 Å². The normalized spacial score (nSPS) is 11.5. The first-order valence-corrected chi connectivity index (χ1v) is 10.7. The summed E-state index contributed by atoms with van der Waals surface area (Å²) in [6.45, 7) is 4.79. The molecule has 6 heteroatoms. The lowest BCUT2D eigenvalue weighted by Gasteiger charge is -2.07. The Labute approximate surface area is 161 Å².